The molecule has 354 valence electrons. The van der Waals surface area contributed by atoms with Gasteiger partial charge in [-0.05, 0) is 86.0 Å². The Morgan fingerprint density at radius 1 is 1.08 bits per heavy atom. The molecule has 19 heteroatoms. The summed E-state index contributed by atoms with van der Waals surface area (Å²) in [6.45, 7) is 14.6. The van der Waals surface area contributed by atoms with Gasteiger partial charge in [0.05, 0.1) is 42.8 Å². The molecular weight excluding hydrogens is 833 g/mol. The molecule has 0 radical (unpaired) electrons. The van der Waals surface area contributed by atoms with Crippen molar-refractivity contribution in [3.05, 3.63) is 35.7 Å². The Balaban J connectivity index is 1.58. The van der Waals surface area contributed by atoms with Crippen LogP contribution >= 0.6 is 0 Å². The van der Waals surface area contributed by atoms with Crippen LogP contribution in [0.15, 0.2) is 38.9 Å². The van der Waals surface area contributed by atoms with Gasteiger partial charge >= 0.3 is 5.97 Å². The first-order valence-corrected chi connectivity index (χ1v) is 22.0. The highest BCUT2D eigenvalue weighted by atomic mass is 16.7. The summed E-state index contributed by atoms with van der Waals surface area (Å²) in [5.74, 6) is -4.80. The van der Waals surface area contributed by atoms with Gasteiger partial charge in [0.25, 0.3) is 5.91 Å². The van der Waals surface area contributed by atoms with Crippen LogP contribution in [-0.4, -0.2) is 148 Å². The number of oxime groups is 1. The molecule has 0 aromatic carbocycles. The van der Waals surface area contributed by atoms with E-state index in [1.165, 1.54) is 20.8 Å². The van der Waals surface area contributed by atoms with Crippen LogP contribution in [0.25, 0.3) is 11.4 Å². The number of hydrogen-bond acceptors (Lipinski definition) is 17. The number of cyclic esters (lactones) is 1. The Labute approximate surface area is 374 Å². The number of ether oxygens (including phenoxy) is 5. The van der Waals surface area contributed by atoms with E-state index < -0.39 is 77.3 Å². The monoisotopic (exact) mass is 898 g/mol. The molecule has 12 atom stereocenters. The predicted octanol–water partition coefficient (Wildman–Crippen LogP) is 3.68. The molecule has 2 aromatic rings. The minimum absolute atomic E-state index is 0.0652. The summed E-state index contributed by atoms with van der Waals surface area (Å²) in [6, 6.07) is 6.23. The zero-order valence-corrected chi connectivity index (χ0v) is 38.9. The van der Waals surface area contributed by atoms with E-state index in [1.807, 2.05) is 39.8 Å². The number of amides is 2. The lowest BCUT2D eigenvalue weighted by molar-refractivity contribution is -0.296. The number of aromatic nitrogens is 2. The molecule has 0 unspecified atom stereocenters. The lowest BCUT2D eigenvalue weighted by Gasteiger charge is -2.47. The molecule has 2 bridgehead atoms. The topological polar surface area (TPSA) is 243 Å². The van der Waals surface area contributed by atoms with Gasteiger partial charge in [-0.2, -0.15) is 0 Å². The number of aliphatic hydroxyl groups is 2. The molecule has 3 saturated heterocycles. The fraction of sp³-hybridized carbons (Fsp3) is 0.689. The number of carbonyl (C=O) groups excluding carboxylic acids is 4. The average molecular weight is 899 g/mol. The Kier molecular flexibility index (Phi) is 17.1. The van der Waals surface area contributed by atoms with Crippen molar-refractivity contribution in [2.24, 2.45) is 27.9 Å². The number of aliphatic hydroxyl groups excluding tert-OH is 1. The molecule has 2 aromatic heterocycles. The number of nitrogens with zero attached hydrogens (tertiary/aromatic N) is 5. The van der Waals surface area contributed by atoms with Gasteiger partial charge < -0.3 is 53.5 Å². The van der Waals surface area contributed by atoms with Crippen molar-refractivity contribution in [1.82, 2.24) is 20.4 Å². The summed E-state index contributed by atoms with van der Waals surface area (Å²) < 4.78 is 37.7. The van der Waals surface area contributed by atoms with Crippen LogP contribution in [0.4, 0.5) is 0 Å². The number of pyridine rings is 1. The fourth-order valence-corrected chi connectivity index (χ4v) is 8.66. The Morgan fingerprint density at radius 3 is 2.48 bits per heavy atom. The van der Waals surface area contributed by atoms with E-state index in [1.54, 1.807) is 45.0 Å². The molecule has 0 spiro atoms. The van der Waals surface area contributed by atoms with Crippen LogP contribution in [0.5, 0.6) is 0 Å². The zero-order chi connectivity index (χ0) is 47.1. The summed E-state index contributed by atoms with van der Waals surface area (Å²) in [6.07, 6.45) is -5.43. The fourth-order valence-electron chi connectivity index (χ4n) is 8.66. The molecule has 5 rings (SSSR count). The smallest absolute Gasteiger partial charge is 0.316 e. The van der Waals surface area contributed by atoms with Gasteiger partial charge in [0, 0.05) is 43.6 Å². The lowest BCUT2D eigenvalue weighted by atomic mass is 9.76. The maximum absolute atomic E-state index is 14.5. The molecule has 2 amide bonds. The number of esters is 1. The Bertz CT molecular complexity index is 2020. The average Bonchev–Trinajstić information content (AvgIpc) is 3.72. The van der Waals surface area contributed by atoms with E-state index in [0.717, 1.165) is 0 Å². The SMILES string of the molecule is CCNC(=O)c1cccc(-c2cc(CO/N=C3/CO[C@H]4CC(=NC(C)=O)[C@H](C)C[C@@](C)(OC3)[C@H](O[C@@H]3O[C@H](C)C[C@H](N(C)C)[C@H]3O)[C@@H](C)C(=O)[C@@H](C)C(=O)O[C@@H](CC)[C@@]4(C)O)on2)n1. The lowest BCUT2D eigenvalue weighted by Crippen LogP contribution is -2.59. The Morgan fingerprint density at radius 2 is 1.81 bits per heavy atom. The molecule has 0 saturated carbocycles. The summed E-state index contributed by atoms with van der Waals surface area (Å²) in [7, 11) is 3.70. The van der Waals surface area contributed by atoms with Crippen molar-refractivity contribution in [2.75, 3.05) is 33.9 Å². The van der Waals surface area contributed by atoms with Crippen LogP contribution in [0.2, 0.25) is 0 Å². The van der Waals surface area contributed by atoms with Crippen LogP contribution in [0, 0.1) is 17.8 Å². The van der Waals surface area contributed by atoms with E-state index in [0.29, 0.717) is 30.1 Å². The number of likely N-dealkylation sites (N-methyl/N-ethyl adjacent to an activating group) is 1. The van der Waals surface area contributed by atoms with Gasteiger partial charge in [0.1, 0.15) is 40.8 Å². The van der Waals surface area contributed by atoms with Crippen molar-refractivity contribution >= 4 is 35.0 Å². The standard InChI is InChI=1S/C45H66N6O13/c1-12-36-45(9,57)37-19-33(47-28(7)52)24(3)20-44(8,40(26(5)38(53)27(6)42(56)62-36)63-43-39(54)35(51(10)11)17-25(4)61-43)59-22-29(21-58-37)49-60-23-30-18-34(50-64-30)31-15-14-16-32(48-31)41(55)46-13-2/h14-16,18,24-27,35-37,39-40,43,54,57H,12-13,17,19-23H2,1-11H3,(H,46,55)/b47-33?,49-29-/t24-,25-,26+,27-,35+,36+,37+,39-,40-,43+,44-,45-/m1/s1. The van der Waals surface area contributed by atoms with Crippen molar-refractivity contribution in [1.29, 1.82) is 0 Å². The van der Waals surface area contributed by atoms with Crippen LogP contribution in [0.1, 0.15) is 104 Å². The molecule has 19 nitrogen and oxygen atoms in total. The summed E-state index contributed by atoms with van der Waals surface area (Å²) in [5.41, 5.74) is -1.74. The van der Waals surface area contributed by atoms with E-state index in [-0.39, 0.29) is 74.3 Å². The third-order valence-corrected chi connectivity index (χ3v) is 12.3. The minimum Gasteiger partial charge on any atom is -0.459 e. The third kappa shape index (κ3) is 12.0. The van der Waals surface area contributed by atoms with E-state index in [4.69, 9.17) is 33.0 Å². The van der Waals surface area contributed by atoms with Gasteiger partial charge in [0.15, 0.2) is 24.4 Å². The number of nitrogens with one attached hydrogen (secondary N) is 1. The van der Waals surface area contributed by atoms with E-state index >= 15 is 0 Å². The molecule has 3 aliphatic rings. The van der Waals surface area contributed by atoms with Gasteiger partial charge in [-0.1, -0.05) is 37.1 Å². The van der Waals surface area contributed by atoms with E-state index in [9.17, 15) is 29.4 Å². The quantitative estimate of drug-likeness (QED) is 0.175. The van der Waals surface area contributed by atoms with Crippen molar-refractivity contribution < 1.29 is 62.4 Å². The first-order chi connectivity index (χ1) is 30.2. The summed E-state index contributed by atoms with van der Waals surface area (Å²) >= 11 is 0. The second-order valence-corrected chi connectivity index (χ2v) is 17.8. The molecule has 3 N–H and O–H groups in total. The molecular formula is C45H66N6O13. The van der Waals surface area contributed by atoms with Crippen LogP contribution in [0.3, 0.4) is 0 Å². The molecule has 0 aliphatic carbocycles. The number of ketones is 1. The second kappa shape index (κ2) is 21.7. The number of fused-ring (bicyclic) bond motifs is 5. The first-order valence-electron chi connectivity index (χ1n) is 22.0. The van der Waals surface area contributed by atoms with Crippen LogP contribution < -0.4 is 5.32 Å². The normalized spacial score (nSPS) is 34.7. The highest BCUT2D eigenvalue weighted by molar-refractivity contribution is 6.00. The summed E-state index contributed by atoms with van der Waals surface area (Å²) in [5, 5.41) is 35.2. The van der Waals surface area contributed by atoms with Gasteiger partial charge in [-0.15, -0.1) is 0 Å². The Hall–Kier alpha value is -4.50. The number of carbonyl (C=O) groups is 4. The highest BCUT2D eigenvalue weighted by Crippen LogP contribution is 2.39. The molecule has 3 fully saturated rings. The minimum atomic E-state index is -1.87. The molecule has 5 heterocycles. The van der Waals surface area contributed by atoms with Crippen LogP contribution in [-0.2, 0) is 49.5 Å². The second-order valence-electron chi connectivity index (χ2n) is 17.8. The number of aliphatic imine (C=N–C) groups is 1. The van der Waals surface area contributed by atoms with Crippen molar-refractivity contribution in [3.63, 3.8) is 0 Å². The zero-order valence-electron chi connectivity index (χ0n) is 38.9. The highest BCUT2D eigenvalue weighted by Gasteiger charge is 2.52. The molecule has 3 aliphatic heterocycles. The predicted molar refractivity (Wildman–Crippen MR) is 232 cm³/mol. The number of rotatable bonds is 10. The summed E-state index contributed by atoms with van der Waals surface area (Å²) in [4.78, 5) is 70.0. The number of Topliss-reactive ketones (excluding diaryl/α,β-unsaturated/α-hetero) is 1. The third-order valence-electron chi connectivity index (χ3n) is 12.3. The molecule has 64 heavy (non-hydrogen) atoms. The van der Waals surface area contributed by atoms with Crippen molar-refractivity contribution in [3.8, 4) is 11.4 Å². The van der Waals surface area contributed by atoms with Gasteiger partial charge in [-0.25, -0.2) is 9.98 Å². The number of hydrogen-bond donors (Lipinski definition) is 3. The van der Waals surface area contributed by atoms with Crippen molar-refractivity contribution in [2.45, 2.75) is 149 Å². The maximum atomic E-state index is 14.5. The van der Waals surface area contributed by atoms with Gasteiger partial charge in [0.2, 0.25) is 5.91 Å². The van der Waals surface area contributed by atoms with Gasteiger partial charge in [-0.3, -0.25) is 19.2 Å². The maximum Gasteiger partial charge on any atom is 0.316 e. The largest absolute Gasteiger partial charge is 0.459 e. The first kappa shape index (κ1) is 50.5. The van der Waals surface area contributed by atoms with E-state index in [2.05, 4.69) is 25.6 Å².